The van der Waals surface area contributed by atoms with Gasteiger partial charge in [0.05, 0.1) is 12.2 Å². The van der Waals surface area contributed by atoms with Crippen molar-refractivity contribution in [2.45, 2.75) is 33.4 Å². The fourth-order valence-corrected chi connectivity index (χ4v) is 3.92. The molecule has 0 radical (unpaired) electrons. The SMILES string of the molecule is Cc1nc2c(o1)CN(C(=O)Cn1nc(-c3ccc(F)c(C)c3)nc1-c1ccccc1)CC2. The molecule has 3 heterocycles. The van der Waals surface area contributed by atoms with Crippen molar-refractivity contribution in [2.24, 2.45) is 0 Å². The van der Waals surface area contributed by atoms with Crippen LogP contribution in [0, 0.1) is 19.7 Å². The molecule has 0 unspecified atom stereocenters. The van der Waals surface area contributed by atoms with Gasteiger partial charge in [-0.1, -0.05) is 30.3 Å². The van der Waals surface area contributed by atoms with Gasteiger partial charge < -0.3 is 9.32 Å². The van der Waals surface area contributed by atoms with Crippen LogP contribution in [0.15, 0.2) is 52.9 Å². The number of oxazole rings is 1. The molecule has 0 spiro atoms. The highest BCUT2D eigenvalue weighted by Gasteiger charge is 2.26. The number of nitrogens with zero attached hydrogens (tertiary/aromatic N) is 5. The maximum atomic E-state index is 13.7. The number of amides is 1. The quantitative estimate of drug-likeness (QED) is 0.489. The second-order valence-electron chi connectivity index (χ2n) is 7.91. The van der Waals surface area contributed by atoms with Crippen molar-refractivity contribution in [3.8, 4) is 22.8 Å². The summed E-state index contributed by atoms with van der Waals surface area (Å²) in [4.78, 5) is 24.0. The molecular formula is C24H22FN5O2. The summed E-state index contributed by atoms with van der Waals surface area (Å²) in [6.45, 7) is 4.53. The molecule has 0 saturated carbocycles. The molecule has 162 valence electrons. The Morgan fingerprint density at radius 2 is 1.91 bits per heavy atom. The van der Waals surface area contributed by atoms with Crippen LogP contribution < -0.4 is 0 Å². The van der Waals surface area contributed by atoms with Crippen molar-refractivity contribution in [3.05, 3.63) is 77.3 Å². The minimum atomic E-state index is -0.279. The first-order chi connectivity index (χ1) is 15.5. The second-order valence-corrected chi connectivity index (χ2v) is 7.91. The highest BCUT2D eigenvalue weighted by molar-refractivity contribution is 5.77. The van der Waals surface area contributed by atoms with Crippen LogP contribution in [-0.2, 0) is 24.3 Å². The zero-order valence-electron chi connectivity index (χ0n) is 17.9. The minimum Gasteiger partial charge on any atom is -0.444 e. The van der Waals surface area contributed by atoms with E-state index in [2.05, 4.69) is 15.1 Å². The molecule has 5 rings (SSSR count). The predicted octanol–water partition coefficient (Wildman–Crippen LogP) is 3.94. The number of hydrogen-bond acceptors (Lipinski definition) is 5. The van der Waals surface area contributed by atoms with Gasteiger partial charge in [0.1, 0.15) is 18.1 Å². The van der Waals surface area contributed by atoms with E-state index in [0.29, 0.717) is 48.2 Å². The van der Waals surface area contributed by atoms with Crippen molar-refractivity contribution in [2.75, 3.05) is 6.54 Å². The Bertz CT molecular complexity index is 1300. The molecule has 2 aromatic heterocycles. The van der Waals surface area contributed by atoms with Crippen LogP contribution in [0.1, 0.15) is 22.9 Å². The van der Waals surface area contributed by atoms with E-state index in [-0.39, 0.29) is 18.3 Å². The third-order valence-electron chi connectivity index (χ3n) is 5.60. The summed E-state index contributed by atoms with van der Waals surface area (Å²) in [5.41, 5.74) is 2.99. The molecule has 0 bridgehead atoms. The van der Waals surface area contributed by atoms with Crippen molar-refractivity contribution in [1.82, 2.24) is 24.6 Å². The lowest BCUT2D eigenvalue weighted by molar-refractivity contribution is -0.133. The largest absolute Gasteiger partial charge is 0.444 e. The molecule has 32 heavy (non-hydrogen) atoms. The first kappa shape index (κ1) is 20.1. The summed E-state index contributed by atoms with van der Waals surface area (Å²) < 4.78 is 21.0. The summed E-state index contributed by atoms with van der Waals surface area (Å²) in [7, 11) is 0. The summed E-state index contributed by atoms with van der Waals surface area (Å²) in [5, 5.41) is 4.61. The van der Waals surface area contributed by atoms with Gasteiger partial charge in [0.15, 0.2) is 17.5 Å². The Labute approximate surface area is 184 Å². The smallest absolute Gasteiger partial charge is 0.244 e. The van der Waals surface area contributed by atoms with E-state index in [1.54, 1.807) is 28.6 Å². The van der Waals surface area contributed by atoms with Crippen LogP contribution in [0.3, 0.4) is 0 Å². The number of fused-ring (bicyclic) bond motifs is 1. The number of halogens is 1. The van der Waals surface area contributed by atoms with Crippen LogP contribution in [0.4, 0.5) is 4.39 Å². The molecule has 0 atom stereocenters. The van der Waals surface area contributed by atoms with Gasteiger partial charge in [0.25, 0.3) is 0 Å². The van der Waals surface area contributed by atoms with Crippen LogP contribution >= 0.6 is 0 Å². The number of aryl methyl sites for hydroxylation is 2. The Kier molecular flexibility index (Phi) is 5.05. The van der Waals surface area contributed by atoms with E-state index in [1.165, 1.54) is 6.07 Å². The molecular weight excluding hydrogens is 409 g/mol. The summed E-state index contributed by atoms with van der Waals surface area (Å²) in [5.74, 6) is 2.04. The molecule has 1 aliphatic rings. The molecule has 8 heteroatoms. The van der Waals surface area contributed by atoms with Gasteiger partial charge in [-0.3, -0.25) is 4.79 Å². The third-order valence-corrected chi connectivity index (χ3v) is 5.60. The monoisotopic (exact) mass is 431 g/mol. The van der Waals surface area contributed by atoms with Gasteiger partial charge >= 0.3 is 0 Å². The highest BCUT2D eigenvalue weighted by Crippen LogP contribution is 2.25. The Balaban J connectivity index is 1.46. The maximum Gasteiger partial charge on any atom is 0.244 e. The fraction of sp³-hybridized carbons (Fsp3) is 0.250. The molecule has 0 aliphatic carbocycles. The second kappa shape index (κ2) is 8.03. The average Bonchev–Trinajstić information content (AvgIpc) is 3.38. The predicted molar refractivity (Wildman–Crippen MR) is 116 cm³/mol. The third kappa shape index (κ3) is 3.79. The van der Waals surface area contributed by atoms with Crippen molar-refractivity contribution >= 4 is 5.91 Å². The van der Waals surface area contributed by atoms with Crippen molar-refractivity contribution in [3.63, 3.8) is 0 Å². The first-order valence-electron chi connectivity index (χ1n) is 10.5. The number of aromatic nitrogens is 4. The van der Waals surface area contributed by atoms with Crippen molar-refractivity contribution < 1.29 is 13.6 Å². The molecule has 1 amide bonds. The molecule has 0 saturated heterocycles. The highest BCUT2D eigenvalue weighted by atomic mass is 19.1. The molecule has 1 aliphatic heterocycles. The Hall–Kier alpha value is -3.81. The number of hydrogen-bond donors (Lipinski definition) is 0. The van der Waals surface area contributed by atoms with Crippen molar-refractivity contribution in [1.29, 1.82) is 0 Å². The lowest BCUT2D eigenvalue weighted by atomic mass is 10.1. The van der Waals surface area contributed by atoms with Gasteiger partial charge in [-0.05, 0) is 30.7 Å². The normalized spacial score (nSPS) is 13.3. The van der Waals surface area contributed by atoms with Crippen LogP contribution in [0.2, 0.25) is 0 Å². The van der Waals surface area contributed by atoms with E-state index in [4.69, 9.17) is 4.42 Å². The molecule has 4 aromatic rings. The van der Waals surface area contributed by atoms with Gasteiger partial charge in [-0.15, -0.1) is 5.10 Å². The number of carbonyl (C=O) groups excluding carboxylic acids is 1. The molecule has 7 nitrogen and oxygen atoms in total. The standard InChI is InChI=1S/C24H22FN5O2/c1-15-12-18(8-9-19(15)25)23-27-24(17-6-4-3-5-7-17)30(28-23)14-22(31)29-11-10-20-21(13-29)32-16(2)26-20/h3-9,12H,10-11,13-14H2,1-2H3. The van der Waals surface area contributed by atoms with Gasteiger partial charge in [-0.25, -0.2) is 19.0 Å². The maximum absolute atomic E-state index is 13.7. The number of benzene rings is 2. The summed E-state index contributed by atoms with van der Waals surface area (Å²) >= 11 is 0. The number of carbonyl (C=O) groups is 1. The average molecular weight is 431 g/mol. The van der Waals surface area contributed by atoms with E-state index in [1.807, 2.05) is 37.3 Å². The van der Waals surface area contributed by atoms with E-state index in [9.17, 15) is 9.18 Å². The topological polar surface area (TPSA) is 77.0 Å². The van der Waals surface area contributed by atoms with E-state index in [0.717, 1.165) is 17.0 Å². The van der Waals surface area contributed by atoms with E-state index < -0.39 is 0 Å². The zero-order chi connectivity index (χ0) is 22.2. The van der Waals surface area contributed by atoms with Crippen LogP contribution in [0.25, 0.3) is 22.8 Å². The minimum absolute atomic E-state index is 0.0415. The summed E-state index contributed by atoms with van der Waals surface area (Å²) in [6.07, 6.45) is 0.668. The van der Waals surface area contributed by atoms with Crippen LogP contribution in [0.5, 0.6) is 0 Å². The number of rotatable bonds is 4. The first-order valence-corrected chi connectivity index (χ1v) is 10.5. The lowest BCUT2D eigenvalue weighted by Crippen LogP contribution is -2.38. The zero-order valence-corrected chi connectivity index (χ0v) is 17.9. The fourth-order valence-electron chi connectivity index (χ4n) is 3.92. The van der Waals surface area contributed by atoms with Gasteiger partial charge in [0, 0.05) is 31.0 Å². The van der Waals surface area contributed by atoms with Gasteiger partial charge in [0.2, 0.25) is 5.91 Å². The molecule has 0 N–H and O–H groups in total. The summed E-state index contributed by atoms with van der Waals surface area (Å²) in [6, 6.07) is 14.4. The molecule has 0 fully saturated rings. The van der Waals surface area contributed by atoms with Crippen LogP contribution in [-0.4, -0.2) is 37.1 Å². The lowest BCUT2D eigenvalue weighted by Gasteiger charge is -2.25. The Morgan fingerprint density at radius 1 is 1.09 bits per heavy atom. The van der Waals surface area contributed by atoms with E-state index >= 15 is 0 Å². The molecule has 2 aromatic carbocycles. The Morgan fingerprint density at radius 3 is 2.69 bits per heavy atom. The van der Waals surface area contributed by atoms with Gasteiger partial charge in [-0.2, -0.15) is 0 Å².